The van der Waals surface area contributed by atoms with Crippen LogP contribution in [-0.2, 0) is 19.4 Å². The van der Waals surface area contributed by atoms with Crippen LogP contribution in [-0.4, -0.2) is 74.7 Å². The average Bonchev–Trinajstić information content (AvgIpc) is 3.66. The van der Waals surface area contributed by atoms with Gasteiger partial charge in [0.25, 0.3) is 11.8 Å². The highest BCUT2D eigenvalue weighted by Gasteiger charge is 2.45. The summed E-state index contributed by atoms with van der Waals surface area (Å²) in [6, 6.07) is 5.82. The first-order valence-corrected chi connectivity index (χ1v) is 15.6. The molecule has 13 heteroatoms. The van der Waals surface area contributed by atoms with Crippen LogP contribution in [0.5, 0.6) is 0 Å². The Labute approximate surface area is 238 Å². The fourth-order valence-electron chi connectivity index (χ4n) is 5.47. The van der Waals surface area contributed by atoms with Crippen molar-refractivity contribution in [2.24, 2.45) is 5.41 Å². The van der Waals surface area contributed by atoms with Gasteiger partial charge >= 0.3 is 5.97 Å². The fourth-order valence-corrected chi connectivity index (χ4v) is 6.60. The van der Waals surface area contributed by atoms with E-state index >= 15 is 0 Å². The molecule has 10 nitrogen and oxygen atoms in total. The summed E-state index contributed by atoms with van der Waals surface area (Å²) in [4.78, 5) is 38.0. The molecule has 5 rings (SSSR count). The number of alkyl halides is 2. The molecule has 1 spiro atoms. The molecule has 0 atom stereocenters. The maximum atomic E-state index is 13.7. The second-order valence-corrected chi connectivity index (χ2v) is 13.2. The number of esters is 1. The summed E-state index contributed by atoms with van der Waals surface area (Å²) in [6.07, 6.45) is 3.70. The summed E-state index contributed by atoms with van der Waals surface area (Å²) >= 11 is 0. The first kappa shape index (κ1) is 29.2. The summed E-state index contributed by atoms with van der Waals surface area (Å²) in [7, 11) is -4.00. The van der Waals surface area contributed by atoms with Crippen molar-refractivity contribution in [3.8, 4) is 0 Å². The Bertz CT molecular complexity index is 1430. The summed E-state index contributed by atoms with van der Waals surface area (Å²) in [5.74, 6) is -4.35. The quantitative estimate of drug-likeness (QED) is 0.454. The molecular formula is C28H35F2N5O5S. The Hall–Kier alpha value is -3.35. The normalized spacial score (nSPS) is 19.6. The second-order valence-electron chi connectivity index (χ2n) is 11.2. The predicted molar refractivity (Wildman–Crippen MR) is 149 cm³/mol. The number of anilines is 3. The maximum absolute atomic E-state index is 13.7. The molecule has 3 fully saturated rings. The first-order valence-electron chi connectivity index (χ1n) is 14.0. The van der Waals surface area contributed by atoms with Crippen LogP contribution in [0.2, 0.25) is 0 Å². The minimum atomic E-state index is -4.00. The van der Waals surface area contributed by atoms with Gasteiger partial charge in [0.2, 0.25) is 5.95 Å². The molecule has 1 aromatic carbocycles. The number of nitrogens with one attached hydrogen (secondary N) is 1. The molecule has 0 radical (unpaired) electrons. The lowest BCUT2D eigenvalue weighted by Gasteiger charge is -2.35. The Morgan fingerprint density at radius 2 is 1.63 bits per heavy atom. The van der Waals surface area contributed by atoms with Gasteiger partial charge in [-0.3, -0.25) is 9.59 Å². The van der Waals surface area contributed by atoms with Gasteiger partial charge in [0.05, 0.1) is 22.8 Å². The minimum Gasteiger partial charge on any atom is -0.465 e. The van der Waals surface area contributed by atoms with Crippen LogP contribution in [0.4, 0.5) is 26.2 Å². The Balaban J connectivity index is 1.41. The highest BCUT2D eigenvalue weighted by atomic mass is 32.2. The zero-order valence-corrected chi connectivity index (χ0v) is 24.1. The summed E-state index contributed by atoms with van der Waals surface area (Å²) in [6.45, 7) is 4.97. The Morgan fingerprint density at radius 1 is 0.976 bits per heavy atom. The zero-order chi connectivity index (χ0) is 29.4. The van der Waals surface area contributed by atoms with Gasteiger partial charge in [-0.25, -0.2) is 22.2 Å². The number of rotatable bonds is 8. The highest BCUT2D eigenvalue weighted by molar-refractivity contribution is 7.92. The van der Waals surface area contributed by atoms with Crippen LogP contribution in [0.15, 0.2) is 29.2 Å². The van der Waals surface area contributed by atoms with Gasteiger partial charge in [-0.05, 0) is 63.1 Å². The van der Waals surface area contributed by atoms with Gasteiger partial charge in [-0.15, -0.1) is 0 Å². The standard InChI is InChI=1S/C28H35F2N5O5S/c1-3-40-24(36)18-41(38,39)20-4-5-21(22(17-20)34-12-8-27(6-7-27)9-13-34)25(37)32-23-16-19(2)31-26(33-23)35-14-10-28(29,30)11-15-35/h4-5,16-17H,3,6-15,18H2,1-2H3,(H,31,32,33,37). The molecule has 1 aromatic heterocycles. The molecule has 0 bridgehead atoms. The molecule has 0 unspecified atom stereocenters. The van der Waals surface area contributed by atoms with E-state index in [-0.39, 0.29) is 54.8 Å². The van der Waals surface area contributed by atoms with E-state index in [1.807, 2.05) is 4.90 Å². The van der Waals surface area contributed by atoms with Crippen LogP contribution < -0.4 is 15.1 Å². The van der Waals surface area contributed by atoms with E-state index in [0.717, 1.165) is 12.8 Å². The third kappa shape index (κ3) is 6.77. The molecule has 1 aliphatic carbocycles. The van der Waals surface area contributed by atoms with E-state index < -0.39 is 33.4 Å². The molecule has 1 N–H and O–H groups in total. The summed E-state index contributed by atoms with van der Waals surface area (Å²) in [5.41, 5.74) is 1.66. The van der Waals surface area contributed by atoms with E-state index in [2.05, 4.69) is 15.3 Å². The lowest BCUT2D eigenvalue weighted by Crippen LogP contribution is -2.40. The topological polar surface area (TPSA) is 122 Å². The van der Waals surface area contributed by atoms with Gasteiger partial charge in [-0.1, -0.05) is 0 Å². The molecular weight excluding hydrogens is 556 g/mol. The van der Waals surface area contributed by atoms with E-state index in [4.69, 9.17) is 4.74 Å². The number of ether oxygens (including phenoxy) is 1. The largest absolute Gasteiger partial charge is 0.465 e. The van der Waals surface area contributed by atoms with Crippen LogP contribution in [0.1, 0.15) is 61.5 Å². The molecule has 3 heterocycles. The van der Waals surface area contributed by atoms with E-state index in [9.17, 15) is 26.8 Å². The average molecular weight is 592 g/mol. The van der Waals surface area contributed by atoms with Crippen molar-refractivity contribution in [1.82, 2.24) is 9.97 Å². The molecule has 2 saturated heterocycles. The lowest BCUT2D eigenvalue weighted by molar-refractivity contribution is -0.139. The second kappa shape index (κ2) is 11.1. The van der Waals surface area contributed by atoms with Crippen molar-refractivity contribution in [2.75, 3.05) is 53.7 Å². The number of halogens is 2. The fraction of sp³-hybridized carbons (Fsp3) is 0.571. The molecule has 1 amide bonds. The molecule has 41 heavy (non-hydrogen) atoms. The van der Waals surface area contributed by atoms with Crippen molar-refractivity contribution < 1.29 is 31.5 Å². The number of aryl methyl sites for hydroxylation is 1. The number of hydrogen-bond donors (Lipinski definition) is 1. The molecule has 222 valence electrons. The zero-order valence-electron chi connectivity index (χ0n) is 23.3. The summed E-state index contributed by atoms with van der Waals surface area (Å²) in [5, 5.41) is 2.79. The number of hydrogen-bond acceptors (Lipinski definition) is 9. The molecule has 1 saturated carbocycles. The number of aromatic nitrogens is 2. The van der Waals surface area contributed by atoms with Crippen molar-refractivity contribution in [1.29, 1.82) is 0 Å². The molecule has 3 aliphatic rings. The Morgan fingerprint density at radius 3 is 2.27 bits per heavy atom. The number of carbonyl (C=O) groups excluding carboxylic acids is 2. The van der Waals surface area contributed by atoms with Crippen molar-refractivity contribution in [2.45, 2.75) is 63.2 Å². The maximum Gasteiger partial charge on any atom is 0.321 e. The smallest absolute Gasteiger partial charge is 0.321 e. The number of amides is 1. The van der Waals surface area contributed by atoms with Crippen molar-refractivity contribution in [3.63, 3.8) is 0 Å². The number of benzene rings is 1. The minimum absolute atomic E-state index is 0.0640. The van der Waals surface area contributed by atoms with Gasteiger partial charge in [0.1, 0.15) is 5.82 Å². The number of sulfone groups is 1. The van der Waals surface area contributed by atoms with E-state index in [1.54, 1.807) is 24.8 Å². The number of nitrogens with zero attached hydrogens (tertiary/aromatic N) is 4. The van der Waals surface area contributed by atoms with Gasteiger partial charge in [0.15, 0.2) is 15.6 Å². The van der Waals surface area contributed by atoms with Gasteiger partial charge < -0.3 is 19.9 Å². The van der Waals surface area contributed by atoms with Crippen molar-refractivity contribution in [3.05, 3.63) is 35.5 Å². The highest BCUT2D eigenvalue weighted by Crippen LogP contribution is 2.54. The summed E-state index contributed by atoms with van der Waals surface area (Å²) < 4.78 is 58.2. The number of piperidine rings is 2. The van der Waals surface area contributed by atoms with Crippen LogP contribution in [0.25, 0.3) is 0 Å². The van der Waals surface area contributed by atoms with E-state index in [1.165, 1.54) is 31.0 Å². The van der Waals surface area contributed by atoms with Crippen LogP contribution >= 0.6 is 0 Å². The lowest BCUT2D eigenvalue weighted by atomic mass is 9.93. The van der Waals surface area contributed by atoms with Gasteiger partial charge in [0, 0.05) is 50.8 Å². The third-order valence-corrected chi connectivity index (χ3v) is 9.76. The predicted octanol–water partition coefficient (Wildman–Crippen LogP) is 3.99. The molecule has 2 aromatic rings. The van der Waals surface area contributed by atoms with Crippen LogP contribution in [0, 0.1) is 12.3 Å². The van der Waals surface area contributed by atoms with Crippen LogP contribution in [0.3, 0.4) is 0 Å². The SMILES string of the molecule is CCOC(=O)CS(=O)(=O)c1ccc(C(=O)Nc2cc(C)nc(N3CCC(F)(F)CC3)n2)c(N2CCC3(CC2)CC3)c1. The Kier molecular flexibility index (Phi) is 7.92. The first-order chi connectivity index (χ1) is 19.4. The molecule has 2 aliphatic heterocycles. The van der Waals surface area contributed by atoms with E-state index in [0.29, 0.717) is 29.9 Å². The van der Waals surface area contributed by atoms with Gasteiger partial charge in [-0.2, -0.15) is 4.98 Å². The van der Waals surface area contributed by atoms with Crippen molar-refractivity contribution >= 4 is 39.2 Å². The monoisotopic (exact) mass is 591 g/mol. The number of carbonyl (C=O) groups is 2. The third-order valence-electron chi connectivity index (χ3n) is 8.17.